The van der Waals surface area contributed by atoms with Gasteiger partial charge >= 0.3 is 5.97 Å². The van der Waals surface area contributed by atoms with E-state index < -0.39 is 5.60 Å². The van der Waals surface area contributed by atoms with Crippen LogP contribution in [0.3, 0.4) is 0 Å². The van der Waals surface area contributed by atoms with E-state index in [1.54, 1.807) is 6.92 Å². The summed E-state index contributed by atoms with van der Waals surface area (Å²) in [5.74, 6) is -0.876. The zero-order valence-corrected chi connectivity index (χ0v) is 15.4. The van der Waals surface area contributed by atoms with Crippen molar-refractivity contribution < 1.29 is 14.3 Å². The Morgan fingerprint density at radius 3 is 1.80 bits per heavy atom. The van der Waals surface area contributed by atoms with Crippen LogP contribution in [0.5, 0.6) is 0 Å². The topological polar surface area (TPSA) is 43.4 Å². The molecule has 0 unspecified atom stereocenters. The number of ether oxygens (including phenoxy) is 1. The van der Waals surface area contributed by atoms with Gasteiger partial charge in [0.2, 0.25) is 0 Å². The zero-order chi connectivity index (χ0) is 18.4. The monoisotopic (exact) mass is 338 g/mol. The second-order valence-corrected chi connectivity index (χ2v) is 7.31. The Balaban J connectivity index is 2.39. The standard InChI is InChI=1S/C22H26O3/c1-16(23)21(18-13-9-6-10-14-18)19(17-11-7-5-8-12-17)15-20(24)25-22(2,3)4/h5-14,19,21H,15H2,1-4H3/t19-,21+/m0/s1. The number of hydrogen-bond donors (Lipinski definition) is 0. The van der Waals surface area contributed by atoms with E-state index in [-0.39, 0.29) is 30.0 Å². The number of carbonyl (C=O) groups is 2. The lowest BCUT2D eigenvalue weighted by Crippen LogP contribution is -2.27. The highest BCUT2D eigenvalue weighted by molar-refractivity contribution is 5.85. The van der Waals surface area contributed by atoms with E-state index in [0.717, 1.165) is 11.1 Å². The summed E-state index contributed by atoms with van der Waals surface area (Å²) in [6.07, 6.45) is 0.167. The number of hydrogen-bond acceptors (Lipinski definition) is 3. The fourth-order valence-electron chi connectivity index (χ4n) is 3.10. The molecule has 0 spiro atoms. The van der Waals surface area contributed by atoms with Crippen molar-refractivity contribution in [2.24, 2.45) is 0 Å². The number of benzene rings is 2. The molecule has 2 aromatic carbocycles. The van der Waals surface area contributed by atoms with E-state index in [0.29, 0.717) is 0 Å². The van der Waals surface area contributed by atoms with Gasteiger partial charge in [-0.15, -0.1) is 0 Å². The molecule has 132 valence electrons. The smallest absolute Gasteiger partial charge is 0.306 e. The average Bonchev–Trinajstić information content (AvgIpc) is 2.54. The Hall–Kier alpha value is -2.42. The number of carbonyl (C=O) groups excluding carboxylic acids is 2. The van der Waals surface area contributed by atoms with E-state index in [2.05, 4.69) is 0 Å². The van der Waals surface area contributed by atoms with Crippen molar-refractivity contribution in [3.05, 3.63) is 71.8 Å². The molecule has 0 fully saturated rings. The summed E-state index contributed by atoms with van der Waals surface area (Å²) in [5, 5.41) is 0. The molecule has 3 heteroatoms. The van der Waals surface area contributed by atoms with Crippen LogP contribution in [0.1, 0.15) is 57.1 Å². The van der Waals surface area contributed by atoms with Gasteiger partial charge in [-0.3, -0.25) is 9.59 Å². The average molecular weight is 338 g/mol. The first-order valence-corrected chi connectivity index (χ1v) is 8.60. The normalized spacial score (nSPS) is 13.8. The molecule has 0 heterocycles. The van der Waals surface area contributed by atoms with E-state index in [1.807, 2.05) is 81.4 Å². The van der Waals surface area contributed by atoms with E-state index in [4.69, 9.17) is 4.74 Å². The maximum atomic E-state index is 12.5. The van der Waals surface area contributed by atoms with E-state index in [9.17, 15) is 9.59 Å². The van der Waals surface area contributed by atoms with Crippen molar-refractivity contribution in [3.8, 4) is 0 Å². The van der Waals surface area contributed by atoms with Crippen molar-refractivity contribution in [1.82, 2.24) is 0 Å². The van der Waals surface area contributed by atoms with Crippen LogP contribution in [0, 0.1) is 0 Å². The second-order valence-electron chi connectivity index (χ2n) is 7.31. The van der Waals surface area contributed by atoms with Crippen molar-refractivity contribution >= 4 is 11.8 Å². The summed E-state index contributed by atoms with van der Waals surface area (Å²) in [4.78, 5) is 24.9. The molecule has 0 amide bonds. The molecule has 0 aliphatic carbocycles. The summed E-state index contributed by atoms with van der Waals surface area (Å²) in [7, 11) is 0. The van der Waals surface area contributed by atoms with Crippen LogP contribution in [-0.4, -0.2) is 17.4 Å². The first-order chi connectivity index (χ1) is 11.8. The fourth-order valence-corrected chi connectivity index (χ4v) is 3.10. The third-order valence-electron chi connectivity index (χ3n) is 4.03. The van der Waals surface area contributed by atoms with E-state index in [1.165, 1.54) is 0 Å². The third kappa shape index (κ3) is 5.56. The van der Waals surface area contributed by atoms with Crippen molar-refractivity contribution in [2.75, 3.05) is 0 Å². The minimum atomic E-state index is -0.545. The highest BCUT2D eigenvalue weighted by Crippen LogP contribution is 2.37. The van der Waals surface area contributed by atoms with Crippen LogP contribution in [0.25, 0.3) is 0 Å². The number of ketones is 1. The van der Waals surface area contributed by atoms with Crippen LogP contribution in [0.15, 0.2) is 60.7 Å². The molecule has 2 rings (SSSR count). The van der Waals surface area contributed by atoms with Crippen molar-refractivity contribution in [2.45, 2.75) is 51.6 Å². The highest BCUT2D eigenvalue weighted by atomic mass is 16.6. The molecule has 2 aromatic rings. The number of esters is 1. The first kappa shape index (κ1) is 18.9. The van der Waals surface area contributed by atoms with Crippen LogP contribution in [-0.2, 0) is 14.3 Å². The summed E-state index contributed by atoms with van der Waals surface area (Å²) in [5.41, 5.74) is 1.35. The van der Waals surface area contributed by atoms with E-state index >= 15 is 0 Å². The van der Waals surface area contributed by atoms with Gasteiger partial charge in [0.05, 0.1) is 6.42 Å². The lowest BCUT2D eigenvalue weighted by molar-refractivity contribution is -0.155. The second kappa shape index (κ2) is 8.11. The Morgan fingerprint density at radius 2 is 1.36 bits per heavy atom. The van der Waals surface area contributed by atoms with Gasteiger partial charge < -0.3 is 4.74 Å². The fraction of sp³-hybridized carbons (Fsp3) is 0.364. The summed E-state index contributed by atoms with van der Waals surface area (Å²) < 4.78 is 5.51. The molecular weight excluding hydrogens is 312 g/mol. The van der Waals surface area contributed by atoms with Crippen LogP contribution >= 0.6 is 0 Å². The molecule has 3 nitrogen and oxygen atoms in total. The lowest BCUT2D eigenvalue weighted by atomic mass is 9.77. The van der Waals surface area contributed by atoms with Gasteiger partial charge in [-0.25, -0.2) is 0 Å². The van der Waals surface area contributed by atoms with Gasteiger partial charge in [0.1, 0.15) is 11.4 Å². The molecule has 2 atom stereocenters. The Morgan fingerprint density at radius 1 is 0.880 bits per heavy atom. The third-order valence-corrected chi connectivity index (χ3v) is 4.03. The Bertz CT molecular complexity index is 699. The molecule has 25 heavy (non-hydrogen) atoms. The maximum Gasteiger partial charge on any atom is 0.306 e. The minimum Gasteiger partial charge on any atom is -0.460 e. The van der Waals surface area contributed by atoms with Gasteiger partial charge in [0.15, 0.2) is 0 Å². The molecular formula is C22H26O3. The molecule has 0 aromatic heterocycles. The lowest BCUT2D eigenvalue weighted by Gasteiger charge is -2.27. The number of Topliss-reactive ketones (excluding diaryl/α,β-unsaturated/α-hetero) is 1. The van der Waals surface area contributed by atoms with Crippen LogP contribution in [0.4, 0.5) is 0 Å². The van der Waals surface area contributed by atoms with Crippen LogP contribution < -0.4 is 0 Å². The predicted octanol–water partition coefficient (Wildman–Crippen LogP) is 4.87. The molecule has 0 aliphatic rings. The first-order valence-electron chi connectivity index (χ1n) is 8.60. The van der Waals surface area contributed by atoms with Crippen molar-refractivity contribution in [3.63, 3.8) is 0 Å². The summed E-state index contributed by atoms with van der Waals surface area (Å²) in [6.45, 7) is 7.13. The summed E-state index contributed by atoms with van der Waals surface area (Å²) >= 11 is 0. The molecule has 0 radical (unpaired) electrons. The van der Waals surface area contributed by atoms with Gasteiger partial charge in [0.25, 0.3) is 0 Å². The molecule has 0 saturated heterocycles. The quantitative estimate of drug-likeness (QED) is 0.705. The number of rotatable bonds is 6. The van der Waals surface area contributed by atoms with Gasteiger partial charge in [0, 0.05) is 11.8 Å². The van der Waals surface area contributed by atoms with Gasteiger partial charge in [-0.05, 0) is 38.8 Å². The predicted molar refractivity (Wildman–Crippen MR) is 99.5 cm³/mol. The molecule has 0 bridgehead atoms. The molecule has 0 aliphatic heterocycles. The zero-order valence-electron chi connectivity index (χ0n) is 15.4. The molecule has 0 saturated carbocycles. The largest absolute Gasteiger partial charge is 0.460 e. The SMILES string of the molecule is CC(=O)[C@H](c1ccccc1)[C@@H](CC(=O)OC(C)(C)C)c1ccccc1. The molecule has 0 N–H and O–H groups in total. The Labute approximate surface area is 150 Å². The maximum absolute atomic E-state index is 12.5. The minimum absolute atomic E-state index is 0.0450. The van der Waals surface area contributed by atoms with Crippen LogP contribution in [0.2, 0.25) is 0 Å². The summed E-state index contributed by atoms with van der Waals surface area (Å²) in [6, 6.07) is 19.4. The highest BCUT2D eigenvalue weighted by Gasteiger charge is 2.32. The Kier molecular flexibility index (Phi) is 6.13. The van der Waals surface area contributed by atoms with Crippen molar-refractivity contribution in [1.29, 1.82) is 0 Å². The van der Waals surface area contributed by atoms with Gasteiger partial charge in [-0.2, -0.15) is 0 Å². The van der Waals surface area contributed by atoms with Gasteiger partial charge in [-0.1, -0.05) is 60.7 Å².